The van der Waals surface area contributed by atoms with Crippen molar-refractivity contribution in [3.63, 3.8) is 0 Å². The van der Waals surface area contributed by atoms with Crippen LogP contribution in [0.3, 0.4) is 0 Å². The second kappa shape index (κ2) is 12.0. The first-order valence-electron chi connectivity index (χ1n) is 16.7. The molecule has 0 spiro atoms. The highest BCUT2D eigenvalue weighted by atomic mass is 16.7. The lowest BCUT2D eigenvalue weighted by Crippen LogP contribution is -2.60. The molecule has 4 fully saturated rings. The number of carbonyl (C=O) groups excluding carboxylic acids is 1. The van der Waals surface area contributed by atoms with E-state index in [4.69, 9.17) is 14.2 Å². The van der Waals surface area contributed by atoms with E-state index in [1.165, 1.54) is 5.57 Å². The second-order valence-electron chi connectivity index (χ2n) is 15.2. The highest BCUT2D eigenvalue weighted by molar-refractivity contribution is 5.90. The lowest BCUT2D eigenvalue weighted by Gasteiger charge is -2.60. The summed E-state index contributed by atoms with van der Waals surface area (Å²) in [6, 6.07) is 0. The molecule has 4 aliphatic carbocycles. The number of fused-ring (bicyclic) bond motifs is 5. The predicted molar refractivity (Wildman–Crippen MR) is 159 cm³/mol. The normalized spacial score (nSPS) is 49.9. The summed E-state index contributed by atoms with van der Waals surface area (Å²) in [6.07, 6.45) is 1.26. The zero-order valence-corrected chi connectivity index (χ0v) is 26.5. The third-order valence-corrected chi connectivity index (χ3v) is 13.3. The van der Waals surface area contributed by atoms with Gasteiger partial charge in [-0.05, 0) is 80.5 Å². The van der Waals surface area contributed by atoms with Crippen LogP contribution in [0, 0.1) is 40.4 Å². The van der Waals surface area contributed by atoms with E-state index in [9.17, 15) is 35.4 Å². The summed E-state index contributed by atoms with van der Waals surface area (Å²) in [6.45, 7) is 8.02. The zero-order valence-electron chi connectivity index (χ0n) is 26.5. The van der Waals surface area contributed by atoms with Gasteiger partial charge in [-0.3, -0.25) is 0 Å². The molecular weight excluding hydrogens is 568 g/mol. The Morgan fingerprint density at radius 1 is 1.02 bits per heavy atom. The molecule has 0 bridgehead atoms. The van der Waals surface area contributed by atoms with E-state index < -0.39 is 49.5 Å². The molecular formula is C34H52O10. The van der Waals surface area contributed by atoms with Gasteiger partial charge < -0.3 is 44.8 Å². The number of carbonyl (C=O) groups is 1. The molecule has 15 atom stereocenters. The molecule has 10 nitrogen and oxygen atoms in total. The van der Waals surface area contributed by atoms with Crippen molar-refractivity contribution in [1.82, 2.24) is 0 Å². The van der Waals surface area contributed by atoms with Gasteiger partial charge in [0.05, 0.1) is 31.0 Å². The van der Waals surface area contributed by atoms with Gasteiger partial charge in [-0.2, -0.15) is 0 Å². The summed E-state index contributed by atoms with van der Waals surface area (Å²) < 4.78 is 17.6. The highest BCUT2D eigenvalue weighted by Crippen LogP contribution is 2.67. The molecule has 0 aromatic heterocycles. The van der Waals surface area contributed by atoms with E-state index in [0.29, 0.717) is 48.5 Å². The van der Waals surface area contributed by atoms with E-state index in [1.807, 2.05) is 6.92 Å². The van der Waals surface area contributed by atoms with Crippen LogP contribution in [0.5, 0.6) is 0 Å². The van der Waals surface area contributed by atoms with Crippen LogP contribution in [0.1, 0.15) is 79.1 Å². The molecule has 44 heavy (non-hydrogen) atoms. The highest BCUT2D eigenvalue weighted by Gasteiger charge is 2.62. The largest absolute Gasteiger partial charge is 0.458 e. The van der Waals surface area contributed by atoms with E-state index in [-0.39, 0.29) is 35.4 Å². The number of hydrogen-bond acceptors (Lipinski definition) is 10. The van der Waals surface area contributed by atoms with Crippen molar-refractivity contribution in [2.24, 2.45) is 40.4 Å². The first kappa shape index (κ1) is 32.6. The lowest BCUT2D eigenvalue weighted by atomic mass is 9.46. The monoisotopic (exact) mass is 620 g/mol. The van der Waals surface area contributed by atoms with Crippen LogP contribution in [0.2, 0.25) is 0 Å². The molecule has 5 unspecified atom stereocenters. The topological polar surface area (TPSA) is 166 Å². The third kappa shape index (κ3) is 5.03. The molecule has 10 heteroatoms. The molecule has 0 aromatic carbocycles. The zero-order chi connectivity index (χ0) is 31.7. The van der Waals surface area contributed by atoms with Crippen molar-refractivity contribution >= 4 is 5.97 Å². The average Bonchev–Trinajstić information content (AvgIpc) is 3.34. The van der Waals surface area contributed by atoms with Gasteiger partial charge in [0.15, 0.2) is 6.29 Å². The Hall–Kier alpha value is -1.37. The molecule has 2 heterocycles. The number of aliphatic hydroxyl groups is 6. The van der Waals surface area contributed by atoms with Crippen molar-refractivity contribution in [3.05, 3.63) is 22.8 Å². The Balaban J connectivity index is 1.16. The van der Waals surface area contributed by atoms with Gasteiger partial charge in [-0.25, -0.2) is 4.79 Å². The maximum absolute atomic E-state index is 12.6. The fourth-order valence-electron chi connectivity index (χ4n) is 10.7. The Labute approximate surface area is 260 Å². The standard InChI is InChI=1S/C34H52O10/c1-16-11-25(43-31(41)21(16)14-35)17(2)22-7-8-23-20-6-5-18-12-19(42-32-30(40)29(39)28(38)26(15-36)44-32)13-27(37)34(18,4)24(20)9-10-33(22,23)3/h5,17,19-20,22-30,32,35-40H,6-15H2,1-4H3/t17-,19+,20?,22?,23?,24?,25?,26+,27-,28+,29-,30+,32+,33+,34-/m0/s1. The molecule has 1 saturated heterocycles. The van der Waals surface area contributed by atoms with Gasteiger partial charge in [0.1, 0.15) is 30.5 Å². The van der Waals surface area contributed by atoms with Gasteiger partial charge in [0.2, 0.25) is 0 Å². The van der Waals surface area contributed by atoms with E-state index in [2.05, 4.69) is 26.8 Å². The van der Waals surface area contributed by atoms with E-state index in [0.717, 1.165) is 37.7 Å². The summed E-state index contributed by atoms with van der Waals surface area (Å²) in [4.78, 5) is 12.6. The van der Waals surface area contributed by atoms with Gasteiger partial charge in [0, 0.05) is 18.3 Å². The van der Waals surface area contributed by atoms with Crippen LogP contribution in [0.25, 0.3) is 0 Å². The number of hydrogen-bond donors (Lipinski definition) is 6. The van der Waals surface area contributed by atoms with E-state index in [1.54, 1.807) is 0 Å². The first-order chi connectivity index (χ1) is 20.8. The summed E-state index contributed by atoms with van der Waals surface area (Å²) in [5.74, 6) is 1.57. The SMILES string of the molecule is CC1=C(CO)C(=O)OC([C@@H](C)C2CCC3C4CC=C5C[C@@H](O[C@@H]6O[C@H](CO)[C@@H](O)[C@H](O)[C@H]6O)C[C@H](O)[C@]5(C)C4CC[C@@]32C)C1. The van der Waals surface area contributed by atoms with Crippen molar-refractivity contribution in [2.75, 3.05) is 13.2 Å². The van der Waals surface area contributed by atoms with Crippen LogP contribution >= 0.6 is 0 Å². The molecule has 6 N–H and O–H groups in total. The minimum Gasteiger partial charge on any atom is -0.458 e. The Morgan fingerprint density at radius 2 is 1.77 bits per heavy atom. The van der Waals surface area contributed by atoms with Gasteiger partial charge in [-0.15, -0.1) is 0 Å². The van der Waals surface area contributed by atoms with Crippen LogP contribution in [-0.2, 0) is 19.0 Å². The minimum atomic E-state index is -1.50. The summed E-state index contributed by atoms with van der Waals surface area (Å²) in [5.41, 5.74) is 2.24. The molecule has 0 amide bonds. The third-order valence-electron chi connectivity index (χ3n) is 13.3. The molecule has 6 aliphatic rings. The number of aliphatic hydroxyl groups excluding tert-OH is 6. The van der Waals surface area contributed by atoms with Crippen LogP contribution < -0.4 is 0 Å². The summed E-state index contributed by atoms with van der Waals surface area (Å²) in [7, 11) is 0. The number of allylic oxidation sites excluding steroid dienone is 1. The van der Waals surface area contributed by atoms with Gasteiger partial charge in [0.25, 0.3) is 0 Å². The quantitative estimate of drug-likeness (QED) is 0.191. The average molecular weight is 621 g/mol. The maximum Gasteiger partial charge on any atom is 0.336 e. The van der Waals surface area contributed by atoms with Crippen molar-refractivity contribution in [3.8, 4) is 0 Å². The smallest absolute Gasteiger partial charge is 0.336 e. The van der Waals surface area contributed by atoms with Crippen LogP contribution in [0.4, 0.5) is 0 Å². The molecule has 6 rings (SSSR count). The van der Waals surface area contributed by atoms with Gasteiger partial charge in [-0.1, -0.05) is 38.0 Å². The molecule has 3 saturated carbocycles. The van der Waals surface area contributed by atoms with Crippen molar-refractivity contribution in [1.29, 1.82) is 0 Å². The Kier molecular flexibility index (Phi) is 8.89. The van der Waals surface area contributed by atoms with Crippen LogP contribution in [-0.4, -0.2) is 98.8 Å². The van der Waals surface area contributed by atoms with Crippen molar-refractivity contribution in [2.45, 2.75) is 128 Å². The Morgan fingerprint density at radius 3 is 2.45 bits per heavy atom. The fourth-order valence-corrected chi connectivity index (χ4v) is 10.7. The summed E-state index contributed by atoms with van der Waals surface area (Å²) >= 11 is 0. The lowest BCUT2D eigenvalue weighted by molar-refractivity contribution is -0.315. The fraction of sp³-hybridized carbons (Fsp3) is 0.853. The van der Waals surface area contributed by atoms with E-state index >= 15 is 0 Å². The number of ether oxygens (including phenoxy) is 3. The molecule has 2 aliphatic heterocycles. The molecule has 0 radical (unpaired) electrons. The molecule has 0 aromatic rings. The maximum atomic E-state index is 12.6. The second-order valence-corrected chi connectivity index (χ2v) is 15.2. The minimum absolute atomic E-state index is 0.123. The number of esters is 1. The van der Waals surface area contributed by atoms with Gasteiger partial charge >= 0.3 is 5.97 Å². The van der Waals surface area contributed by atoms with Crippen LogP contribution in [0.15, 0.2) is 22.8 Å². The van der Waals surface area contributed by atoms with Crippen molar-refractivity contribution < 1.29 is 49.6 Å². The Bertz CT molecular complexity index is 1170. The molecule has 248 valence electrons. The number of cyclic esters (lactones) is 1. The first-order valence-corrected chi connectivity index (χ1v) is 16.7. The predicted octanol–water partition coefficient (Wildman–Crippen LogP) is 1.98. The summed E-state index contributed by atoms with van der Waals surface area (Å²) in [5, 5.41) is 61.7. The number of rotatable bonds is 6.